The van der Waals surface area contributed by atoms with Crippen molar-refractivity contribution in [2.75, 3.05) is 11.9 Å². The van der Waals surface area contributed by atoms with Gasteiger partial charge in [0.2, 0.25) is 0 Å². The van der Waals surface area contributed by atoms with Gasteiger partial charge in [0.05, 0.1) is 12.6 Å². The summed E-state index contributed by atoms with van der Waals surface area (Å²) in [4.78, 5) is 23.4. The third-order valence-corrected chi connectivity index (χ3v) is 3.11. The lowest BCUT2D eigenvalue weighted by molar-refractivity contribution is -0.136. The highest BCUT2D eigenvalue weighted by molar-refractivity contribution is 6.39. The first-order valence-electron chi connectivity index (χ1n) is 6.28. The van der Waals surface area contributed by atoms with Crippen molar-refractivity contribution < 1.29 is 14.7 Å². The number of carbonyl (C=O) groups is 2. The molecule has 1 rings (SSSR count). The van der Waals surface area contributed by atoms with Gasteiger partial charge < -0.3 is 15.7 Å². The van der Waals surface area contributed by atoms with Crippen LogP contribution >= 0.6 is 0 Å². The molecule has 0 aliphatic heterocycles. The van der Waals surface area contributed by atoms with Crippen LogP contribution in [0.2, 0.25) is 0 Å². The molecule has 19 heavy (non-hydrogen) atoms. The van der Waals surface area contributed by atoms with Crippen molar-refractivity contribution in [3.63, 3.8) is 0 Å². The Morgan fingerprint density at radius 3 is 2.53 bits per heavy atom. The summed E-state index contributed by atoms with van der Waals surface area (Å²) in [6, 6.07) is 5.11. The Hall–Kier alpha value is -1.88. The van der Waals surface area contributed by atoms with E-state index in [0.29, 0.717) is 12.1 Å². The Morgan fingerprint density at radius 2 is 1.95 bits per heavy atom. The number of carbonyl (C=O) groups excluding carboxylic acids is 2. The number of benzene rings is 1. The normalized spacial score (nSPS) is 11.8. The average molecular weight is 264 g/mol. The molecule has 0 aromatic heterocycles. The maximum absolute atomic E-state index is 11.7. The van der Waals surface area contributed by atoms with E-state index in [4.69, 9.17) is 5.11 Å². The number of anilines is 1. The van der Waals surface area contributed by atoms with Crippen LogP contribution in [0.3, 0.4) is 0 Å². The second kappa shape index (κ2) is 6.89. The number of aryl methyl sites for hydroxylation is 1. The van der Waals surface area contributed by atoms with Gasteiger partial charge >= 0.3 is 11.8 Å². The van der Waals surface area contributed by atoms with Crippen LogP contribution in [0.15, 0.2) is 18.2 Å². The summed E-state index contributed by atoms with van der Waals surface area (Å²) in [5.41, 5.74) is 2.59. The highest BCUT2D eigenvalue weighted by Crippen LogP contribution is 2.17. The molecule has 0 saturated carbocycles. The van der Waals surface area contributed by atoms with Crippen molar-refractivity contribution in [3.8, 4) is 0 Å². The van der Waals surface area contributed by atoms with Gasteiger partial charge in [-0.05, 0) is 37.5 Å². The molecule has 0 aliphatic rings. The molecule has 0 unspecified atom stereocenters. The summed E-state index contributed by atoms with van der Waals surface area (Å²) in [5.74, 6) is -1.46. The zero-order chi connectivity index (χ0) is 14.4. The summed E-state index contributed by atoms with van der Waals surface area (Å²) in [5, 5.41) is 14.0. The highest BCUT2D eigenvalue weighted by atomic mass is 16.3. The molecule has 0 heterocycles. The van der Waals surface area contributed by atoms with Gasteiger partial charge in [0.25, 0.3) is 0 Å². The van der Waals surface area contributed by atoms with E-state index in [1.807, 2.05) is 32.9 Å². The maximum Gasteiger partial charge on any atom is 0.313 e. The summed E-state index contributed by atoms with van der Waals surface area (Å²) in [6.45, 7) is 5.46. The van der Waals surface area contributed by atoms with E-state index in [0.717, 1.165) is 11.1 Å². The topological polar surface area (TPSA) is 78.4 Å². The number of aliphatic hydroxyl groups excluding tert-OH is 1. The number of rotatable bonds is 4. The Balaban J connectivity index is 2.69. The lowest BCUT2D eigenvalue weighted by Crippen LogP contribution is -2.43. The second-order valence-electron chi connectivity index (χ2n) is 4.46. The molecule has 104 valence electrons. The molecule has 5 nitrogen and oxygen atoms in total. The van der Waals surface area contributed by atoms with E-state index in [9.17, 15) is 9.59 Å². The Bertz CT molecular complexity index is 468. The monoisotopic (exact) mass is 264 g/mol. The van der Waals surface area contributed by atoms with Gasteiger partial charge in [0, 0.05) is 5.69 Å². The molecule has 0 fully saturated rings. The molecule has 0 aliphatic carbocycles. The van der Waals surface area contributed by atoms with Gasteiger partial charge in [0.1, 0.15) is 0 Å². The van der Waals surface area contributed by atoms with Crippen molar-refractivity contribution in [3.05, 3.63) is 29.3 Å². The molecule has 1 atom stereocenters. The molecule has 0 bridgehead atoms. The summed E-state index contributed by atoms with van der Waals surface area (Å²) < 4.78 is 0. The Kier molecular flexibility index (Phi) is 5.51. The minimum atomic E-state index is -0.734. The molecule has 1 aromatic rings. The molecule has 1 aromatic carbocycles. The third-order valence-electron chi connectivity index (χ3n) is 3.11. The summed E-state index contributed by atoms with van der Waals surface area (Å²) >= 11 is 0. The average Bonchev–Trinajstić information content (AvgIpc) is 2.40. The molecule has 0 radical (unpaired) electrons. The number of hydrogen-bond donors (Lipinski definition) is 3. The van der Waals surface area contributed by atoms with Crippen LogP contribution in [-0.2, 0) is 9.59 Å². The minimum Gasteiger partial charge on any atom is -0.394 e. The fraction of sp³-hybridized carbons (Fsp3) is 0.429. The standard InChI is InChI=1S/C14H20N2O3/c1-4-11(8-17)15-13(18)14(19)16-12-7-5-6-9(2)10(12)3/h5-7,11,17H,4,8H2,1-3H3,(H,15,18)(H,16,19)/t11-/m1/s1. The Labute approximate surface area is 113 Å². The largest absolute Gasteiger partial charge is 0.394 e. The minimum absolute atomic E-state index is 0.182. The van der Waals surface area contributed by atoms with E-state index in [1.165, 1.54) is 0 Å². The van der Waals surface area contributed by atoms with Crippen LogP contribution in [0.25, 0.3) is 0 Å². The maximum atomic E-state index is 11.7. The smallest absolute Gasteiger partial charge is 0.313 e. The van der Waals surface area contributed by atoms with E-state index >= 15 is 0 Å². The summed E-state index contributed by atoms with van der Waals surface area (Å²) in [7, 11) is 0. The third kappa shape index (κ3) is 4.06. The van der Waals surface area contributed by atoms with Crippen LogP contribution in [-0.4, -0.2) is 29.6 Å². The van der Waals surface area contributed by atoms with Crippen LogP contribution in [0, 0.1) is 13.8 Å². The lowest BCUT2D eigenvalue weighted by atomic mass is 10.1. The number of aliphatic hydroxyl groups is 1. The first-order valence-corrected chi connectivity index (χ1v) is 6.28. The SMILES string of the molecule is CC[C@H](CO)NC(=O)C(=O)Nc1cccc(C)c1C. The number of amides is 2. The fourth-order valence-corrected chi connectivity index (χ4v) is 1.59. The van der Waals surface area contributed by atoms with Crippen LogP contribution in [0.5, 0.6) is 0 Å². The molecule has 5 heteroatoms. The van der Waals surface area contributed by atoms with Crippen LogP contribution in [0.1, 0.15) is 24.5 Å². The quantitative estimate of drug-likeness (QED) is 0.713. The number of nitrogens with one attached hydrogen (secondary N) is 2. The van der Waals surface area contributed by atoms with Gasteiger partial charge in [-0.15, -0.1) is 0 Å². The van der Waals surface area contributed by atoms with Gasteiger partial charge in [-0.1, -0.05) is 19.1 Å². The molecule has 2 amide bonds. The summed E-state index contributed by atoms with van der Waals surface area (Å²) in [6.07, 6.45) is 0.568. The van der Waals surface area contributed by atoms with E-state index in [1.54, 1.807) is 6.07 Å². The lowest BCUT2D eigenvalue weighted by Gasteiger charge is -2.14. The Morgan fingerprint density at radius 1 is 1.26 bits per heavy atom. The first kappa shape index (κ1) is 15.2. The van der Waals surface area contributed by atoms with Crippen molar-refractivity contribution in [2.24, 2.45) is 0 Å². The molecule has 0 spiro atoms. The van der Waals surface area contributed by atoms with Crippen molar-refractivity contribution >= 4 is 17.5 Å². The van der Waals surface area contributed by atoms with Crippen LogP contribution in [0.4, 0.5) is 5.69 Å². The first-order chi connectivity index (χ1) is 8.99. The highest BCUT2D eigenvalue weighted by Gasteiger charge is 2.17. The van der Waals surface area contributed by atoms with Crippen molar-refractivity contribution in [1.82, 2.24) is 5.32 Å². The van der Waals surface area contributed by atoms with Crippen molar-refractivity contribution in [2.45, 2.75) is 33.2 Å². The second-order valence-corrected chi connectivity index (χ2v) is 4.46. The predicted molar refractivity (Wildman–Crippen MR) is 73.9 cm³/mol. The zero-order valence-electron chi connectivity index (χ0n) is 11.5. The van der Waals surface area contributed by atoms with E-state index < -0.39 is 17.9 Å². The van der Waals surface area contributed by atoms with Gasteiger partial charge in [-0.25, -0.2) is 0 Å². The van der Waals surface area contributed by atoms with E-state index in [2.05, 4.69) is 10.6 Å². The van der Waals surface area contributed by atoms with E-state index in [-0.39, 0.29) is 6.61 Å². The zero-order valence-corrected chi connectivity index (χ0v) is 11.5. The van der Waals surface area contributed by atoms with Crippen LogP contribution < -0.4 is 10.6 Å². The van der Waals surface area contributed by atoms with Gasteiger partial charge in [-0.3, -0.25) is 9.59 Å². The van der Waals surface area contributed by atoms with Gasteiger partial charge in [0.15, 0.2) is 0 Å². The molecular formula is C14H20N2O3. The molecular weight excluding hydrogens is 244 g/mol. The fourth-order valence-electron chi connectivity index (χ4n) is 1.59. The number of hydrogen-bond acceptors (Lipinski definition) is 3. The predicted octanol–water partition coefficient (Wildman–Crippen LogP) is 1.13. The van der Waals surface area contributed by atoms with Crippen molar-refractivity contribution in [1.29, 1.82) is 0 Å². The van der Waals surface area contributed by atoms with Gasteiger partial charge in [-0.2, -0.15) is 0 Å². The molecule has 0 saturated heterocycles. The molecule has 3 N–H and O–H groups in total.